The summed E-state index contributed by atoms with van der Waals surface area (Å²) in [5.74, 6) is 0. The molecule has 0 aliphatic carbocycles. The molecule has 51 heavy (non-hydrogen) atoms. The van der Waals surface area contributed by atoms with E-state index >= 15 is 0 Å². The van der Waals surface area contributed by atoms with Crippen LogP contribution in [0.15, 0.2) is 102 Å². The van der Waals surface area contributed by atoms with E-state index in [9.17, 15) is 41.7 Å². The van der Waals surface area contributed by atoms with E-state index in [0.29, 0.717) is 13.2 Å². The first-order valence-corrected chi connectivity index (χ1v) is 13.5. The Bertz CT molecular complexity index is 1000. The molecule has 0 fully saturated rings. The molecule has 2 aromatic heterocycles. The van der Waals surface area contributed by atoms with Gasteiger partial charge in [-0.1, -0.05) is 25.3 Å². The Labute approximate surface area is 319 Å². The monoisotopic (exact) mass is 804 g/mol. The Hall–Kier alpha value is -4.97. The van der Waals surface area contributed by atoms with Crippen molar-refractivity contribution in [2.75, 3.05) is 13.2 Å². The average Bonchev–Trinajstić information content (AvgIpc) is 3.18. The third-order valence-corrected chi connectivity index (χ3v) is 4.61. The zero-order valence-corrected chi connectivity index (χ0v) is 31.5. The Balaban J connectivity index is -0.0000000884. The van der Waals surface area contributed by atoms with Gasteiger partial charge in [0.2, 0.25) is 0 Å². The van der Waals surface area contributed by atoms with Gasteiger partial charge in [-0.15, -0.1) is 0 Å². The van der Waals surface area contributed by atoms with Crippen LogP contribution in [-0.2, 0) is 38.3 Å². The smallest absolute Gasteiger partial charge is 0.0465 e. The van der Waals surface area contributed by atoms with Gasteiger partial charge in [-0.3, -0.25) is 9.97 Å². The molecular formula is C30H42Co2N10O9-10. The fourth-order valence-corrected chi connectivity index (χ4v) is 1.26. The van der Waals surface area contributed by atoms with Crippen LogP contribution in [-0.4, -0.2) is 68.9 Å². The topological polar surface area (TPSA) is 318 Å². The molecule has 0 N–H and O–H groups in total. The van der Waals surface area contributed by atoms with Gasteiger partial charge in [0.05, 0.1) is 0 Å². The van der Waals surface area contributed by atoms with Crippen LogP contribution in [0.25, 0.3) is 0 Å². The molecule has 2 radical (unpaired) electrons. The van der Waals surface area contributed by atoms with E-state index in [2.05, 4.69) is 69.8 Å². The Morgan fingerprint density at radius 1 is 0.392 bits per heavy atom. The van der Waals surface area contributed by atoms with E-state index in [0.717, 1.165) is 0 Å². The van der Waals surface area contributed by atoms with Crippen LogP contribution < -0.4 is 0 Å². The van der Waals surface area contributed by atoms with Gasteiger partial charge in [0.25, 0.3) is 0 Å². The van der Waals surface area contributed by atoms with Crippen molar-refractivity contribution in [3.05, 3.63) is 117 Å². The molecule has 19 nitrogen and oxygen atoms in total. The maximum absolute atomic E-state index is 9.60. The van der Waals surface area contributed by atoms with Gasteiger partial charge in [-0.05, 0) is 79.7 Å². The number of nitrogens with zero attached hydrogens (tertiary/aromatic N) is 10. The van der Waals surface area contributed by atoms with Crippen LogP contribution in [0.4, 0.5) is 0 Å². The van der Waals surface area contributed by atoms with Gasteiger partial charge in [-0.2, -0.15) is 0 Å². The first-order valence-electron chi connectivity index (χ1n) is 13.5. The second-order valence-electron chi connectivity index (χ2n) is 8.08. The predicted molar refractivity (Wildman–Crippen MR) is 202 cm³/mol. The number of ether oxygens (including phenoxy) is 1. The molecule has 21 heteroatoms. The number of hydrogen-bond donors (Lipinski definition) is 0. The SMILES string of the molecule is CC(=N[O-])C(C)=N[O-].CC(=N[O-])C(C)=N[O-].CC(=N[O-])C(C)=N[O-].CC(=N[O-])C(C)=N[O-].[CH2-]COC[CH2-].[Co].[Co].c1ccncc1.c1ccncc1. The third-order valence-electron chi connectivity index (χ3n) is 4.61. The average molecular weight is 805 g/mol. The minimum absolute atomic E-state index is 0. The summed E-state index contributed by atoms with van der Waals surface area (Å²) in [6, 6.07) is 11.4. The number of rotatable bonds is 6. The molecule has 0 bridgehead atoms. The molecular weight excluding hydrogens is 762 g/mol. The molecule has 0 atom stereocenters. The van der Waals surface area contributed by atoms with Gasteiger partial charge in [0, 0.05) is 104 Å². The van der Waals surface area contributed by atoms with Crippen LogP contribution in [0.2, 0.25) is 0 Å². The Morgan fingerprint density at radius 3 is 0.588 bits per heavy atom. The summed E-state index contributed by atoms with van der Waals surface area (Å²) >= 11 is 0. The van der Waals surface area contributed by atoms with E-state index in [1.54, 1.807) is 24.8 Å². The van der Waals surface area contributed by atoms with Crippen molar-refractivity contribution < 1.29 is 38.3 Å². The fraction of sp³-hybridized carbons (Fsp3) is 0.333. The minimum Gasteiger partial charge on any atom is -0.792 e. The van der Waals surface area contributed by atoms with Gasteiger partial charge >= 0.3 is 0 Å². The standard InChI is InChI=1S/2C5H5N.4C4H8N2O2.C4H8O.2Co/c2*1-2-4-6-5-3-1;4*1-3(5-7)4(2)6-8;1-3-5-4-2;;/h2*1-5H;4*7-8H,1-2H3;1-4H2;;/q;;;;;;-2;;/p-8. The molecule has 0 spiro atoms. The quantitative estimate of drug-likeness (QED) is 0.173. The molecule has 0 saturated heterocycles. The normalized spacial score (nSPS) is 11.6. The number of pyridine rings is 2. The Kier molecular flexibility index (Phi) is 59.4. The fourth-order valence-electron chi connectivity index (χ4n) is 1.26. The third kappa shape index (κ3) is 49.5. The van der Waals surface area contributed by atoms with Crippen molar-refractivity contribution in [3.8, 4) is 0 Å². The van der Waals surface area contributed by atoms with E-state index in [1.807, 2.05) is 36.4 Å². The first-order chi connectivity index (χ1) is 23.3. The van der Waals surface area contributed by atoms with Crippen LogP contribution >= 0.6 is 0 Å². The first kappa shape index (κ1) is 61.3. The predicted octanol–water partition coefficient (Wildman–Crippen LogP) is 6.44. The van der Waals surface area contributed by atoms with Gasteiger partial charge in [0.15, 0.2) is 0 Å². The zero-order chi connectivity index (χ0) is 38.9. The maximum atomic E-state index is 9.60. The molecule has 2 rings (SSSR count). The van der Waals surface area contributed by atoms with Crippen molar-refractivity contribution in [3.63, 3.8) is 0 Å². The van der Waals surface area contributed by atoms with Crippen molar-refractivity contribution in [1.82, 2.24) is 9.97 Å². The van der Waals surface area contributed by atoms with E-state index in [4.69, 9.17) is 0 Å². The van der Waals surface area contributed by atoms with Gasteiger partial charge in [-0.25, -0.2) is 0 Å². The molecule has 0 unspecified atom stereocenters. The molecule has 294 valence electrons. The summed E-state index contributed by atoms with van der Waals surface area (Å²) in [5, 5.41) is 96.7. The summed E-state index contributed by atoms with van der Waals surface area (Å²) in [5.41, 5.74) is 1.11. The zero-order valence-electron chi connectivity index (χ0n) is 29.4. The van der Waals surface area contributed by atoms with Crippen LogP contribution in [0.3, 0.4) is 0 Å². The molecule has 0 aromatic carbocycles. The van der Waals surface area contributed by atoms with Crippen LogP contribution in [0.1, 0.15) is 55.4 Å². The van der Waals surface area contributed by atoms with Crippen molar-refractivity contribution >= 4 is 45.7 Å². The summed E-state index contributed by atoms with van der Waals surface area (Å²) in [6.07, 6.45) is 7.00. The largest absolute Gasteiger partial charge is 0.792 e. The van der Waals surface area contributed by atoms with Crippen molar-refractivity contribution in [1.29, 1.82) is 0 Å². The second kappa shape index (κ2) is 49.4. The summed E-state index contributed by atoms with van der Waals surface area (Å²) < 4.78 is 4.61. The molecule has 0 aliphatic rings. The number of hydrogen-bond acceptors (Lipinski definition) is 19. The van der Waals surface area contributed by atoms with Crippen LogP contribution in [0.5, 0.6) is 0 Å². The second-order valence-corrected chi connectivity index (χ2v) is 8.08. The minimum atomic E-state index is 0. The molecule has 0 aliphatic heterocycles. The molecule has 0 saturated carbocycles. The maximum Gasteiger partial charge on any atom is 0.0465 e. The van der Waals surface area contributed by atoms with Crippen molar-refractivity contribution in [2.24, 2.45) is 41.2 Å². The van der Waals surface area contributed by atoms with E-state index in [1.165, 1.54) is 55.4 Å². The summed E-state index contributed by atoms with van der Waals surface area (Å²) in [6.45, 7) is 19.4. The van der Waals surface area contributed by atoms with E-state index in [-0.39, 0.29) is 79.3 Å². The van der Waals surface area contributed by atoms with Gasteiger partial charge in [0.1, 0.15) is 0 Å². The number of aromatic nitrogens is 2. The van der Waals surface area contributed by atoms with Crippen molar-refractivity contribution in [2.45, 2.75) is 55.4 Å². The van der Waals surface area contributed by atoms with E-state index < -0.39 is 0 Å². The van der Waals surface area contributed by atoms with Gasteiger partial charge < -0.3 is 101 Å². The summed E-state index contributed by atoms with van der Waals surface area (Å²) in [4.78, 5) is 7.57. The summed E-state index contributed by atoms with van der Waals surface area (Å²) in [7, 11) is 0. The molecule has 0 amide bonds. The molecule has 2 heterocycles. The van der Waals surface area contributed by atoms with Crippen LogP contribution in [0, 0.1) is 55.5 Å². The Morgan fingerprint density at radius 2 is 0.549 bits per heavy atom. The molecule has 2 aromatic rings.